The molecule has 30 heavy (non-hydrogen) atoms. The van der Waals surface area contributed by atoms with E-state index in [0.29, 0.717) is 22.6 Å². The van der Waals surface area contributed by atoms with Crippen molar-refractivity contribution in [3.8, 4) is 17.4 Å². The highest BCUT2D eigenvalue weighted by molar-refractivity contribution is 9.10. The fraction of sp³-hybridized carbons (Fsp3) is 0.0952. The number of hydrogen-bond acceptors (Lipinski definition) is 6. The molecule has 3 aromatic rings. The van der Waals surface area contributed by atoms with Crippen molar-refractivity contribution in [1.29, 1.82) is 0 Å². The van der Waals surface area contributed by atoms with E-state index in [1.807, 2.05) is 18.2 Å². The number of ether oxygens (including phenoxy) is 2. The van der Waals surface area contributed by atoms with E-state index in [1.165, 1.54) is 6.08 Å². The molecule has 5 rings (SSSR count). The van der Waals surface area contributed by atoms with Crippen molar-refractivity contribution in [2.24, 2.45) is 4.99 Å². The van der Waals surface area contributed by atoms with Gasteiger partial charge in [-0.25, -0.2) is 4.79 Å². The normalized spacial score (nSPS) is 15.0. The molecule has 2 aliphatic heterocycles. The van der Waals surface area contributed by atoms with E-state index >= 15 is 0 Å². The van der Waals surface area contributed by atoms with E-state index < -0.39 is 17.1 Å². The van der Waals surface area contributed by atoms with Crippen LogP contribution in [0, 0.1) is 0 Å². The van der Waals surface area contributed by atoms with Crippen LogP contribution in [-0.4, -0.2) is 27.7 Å². The second-order valence-corrected chi connectivity index (χ2v) is 7.71. The molecule has 3 heterocycles. The number of aromatic nitrogens is 2. The monoisotopic (exact) mass is 467 g/mol. The molecule has 9 heteroatoms. The molecule has 0 fully saturated rings. The lowest BCUT2D eigenvalue weighted by Crippen LogP contribution is -2.31. The van der Waals surface area contributed by atoms with Crippen LogP contribution in [0.1, 0.15) is 16.7 Å². The van der Waals surface area contributed by atoms with Gasteiger partial charge < -0.3 is 14.6 Å². The molecule has 2 aromatic carbocycles. The summed E-state index contributed by atoms with van der Waals surface area (Å²) in [5.41, 5.74) is 1.53. The van der Waals surface area contributed by atoms with Gasteiger partial charge in [0.25, 0.3) is 5.56 Å². The van der Waals surface area contributed by atoms with Gasteiger partial charge in [0.05, 0.1) is 12.2 Å². The van der Waals surface area contributed by atoms with E-state index in [9.17, 15) is 14.7 Å². The van der Waals surface area contributed by atoms with E-state index in [0.717, 1.165) is 20.3 Å². The SMILES string of the molecule is O=c1[nH]c(=O)n(Cc2ccc3c(c2)OCO3)c(O)c1C=C1C=Nc2ccc(Br)cc21. The second kappa shape index (κ2) is 7.03. The third-order valence-electron chi connectivity index (χ3n) is 4.90. The summed E-state index contributed by atoms with van der Waals surface area (Å²) in [4.78, 5) is 31.4. The minimum Gasteiger partial charge on any atom is -0.494 e. The molecular formula is C21H14BrN3O5. The molecule has 0 radical (unpaired) electrons. The second-order valence-electron chi connectivity index (χ2n) is 6.79. The van der Waals surface area contributed by atoms with Crippen molar-refractivity contribution < 1.29 is 14.6 Å². The maximum Gasteiger partial charge on any atom is 0.331 e. The van der Waals surface area contributed by atoms with Gasteiger partial charge in [-0.1, -0.05) is 22.0 Å². The maximum atomic E-state index is 12.4. The number of hydrogen-bond donors (Lipinski definition) is 2. The first-order valence-electron chi connectivity index (χ1n) is 9.00. The van der Waals surface area contributed by atoms with Crippen LogP contribution < -0.4 is 20.7 Å². The average molecular weight is 468 g/mol. The first kappa shape index (κ1) is 18.4. The molecule has 0 amide bonds. The molecule has 0 spiro atoms. The number of aliphatic imine (C=N–C) groups is 1. The molecule has 2 N–H and O–H groups in total. The van der Waals surface area contributed by atoms with Crippen LogP contribution in [-0.2, 0) is 6.54 Å². The van der Waals surface area contributed by atoms with Crippen LogP contribution in [0.4, 0.5) is 5.69 Å². The minimum absolute atomic E-state index is 0.0235. The summed E-state index contributed by atoms with van der Waals surface area (Å²) in [5.74, 6) is 0.759. The standard InChI is InChI=1S/C21H14BrN3O5/c22-13-2-3-16-14(7-13)12(8-23-16)6-15-19(26)24-21(28)25(20(15)27)9-11-1-4-17-18(5-11)30-10-29-17/h1-8,27H,9-10H2,(H,24,26,28). The van der Waals surface area contributed by atoms with Crippen LogP contribution in [0.2, 0.25) is 0 Å². The van der Waals surface area contributed by atoms with Gasteiger partial charge >= 0.3 is 5.69 Å². The molecule has 0 saturated heterocycles. The predicted molar refractivity (Wildman–Crippen MR) is 115 cm³/mol. The molecule has 2 aliphatic rings. The number of nitrogens with one attached hydrogen (secondary N) is 1. The van der Waals surface area contributed by atoms with E-state index in [-0.39, 0.29) is 18.9 Å². The third kappa shape index (κ3) is 3.13. The van der Waals surface area contributed by atoms with Crippen molar-refractivity contribution in [3.63, 3.8) is 0 Å². The smallest absolute Gasteiger partial charge is 0.331 e. The zero-order valence-corrected chi connectivity index (χ0v) is 17.0. The first-order valence-corrected chi connectivity index (χ1v) is 9.79. The predicted octanol–water partition coefficient (Wildman–Crippen LogP) is 3.04. The zero-order chi connectivity index (χ0) is 20.8. The summed E-state index contributed by atoms with van der Waals surface area (Å²) in [6.07, 6.45) is 3.13. The fourth-order valence-electron chi connectivity index (χ4n) is 3.40. The summed E-state index contributed by atoms with van der Waals surface area (Å²) >= 11 is 3.42. The largest absolute Gasteiger partial charge is 0.494 e. The van der Waals surface area contributed by atoms with E-state index in [2.05, 4.69) is 25.9 Å². The van der Waals surface area contributed by atoms with Crippen molar-refractivity contribution in [3.05, 3.63) is 78.4 Å². The van der Waals surface area contributed by atoms with Crippen molar-refractivity contribution in [2.45, 2.75) is 6.54 Å². The van der Waals surface area contributed by atoms with Crippen molar-refractivity contribution >= 4 is 39.5 Å². The third-order valence-corrected chi connectivity index (χ3v) is 5.39. The lowest BCUT2D eigenvalue weighted by atomic mass is 10.1. The molecule has 0 bridgehead atoms. The van der Waals surface area contributed by atoms with Gasteiger partial charge in [-0.2, -0.15) is 0 Å². The number of benzene rings is 2. The molecule has 0 aliphatic carbocycles. The highest BCUT2D eigenvalue weighted by Crippen LogP contribution is 2.35. The number of aromatic hydroxyl groups is 1. The summed E-state index contributed by atoms with van der Waals surface area (Å²) < 4.78 is 12.6. The van der Waals surface area contributed by atoms with Crippen LogP contribution in [0.15, 0.2) is 55.5 Å². The Morgan fingerprint density at radius 3 is 2.87 bits per heavy atom. The van der Waals surface area contributed by atoms with Crippen LogP contribution >= 0.6 is 15.9 Å². The Kier molecular flexibility index (Phi) is 4.32. The van der Waals surface area contributed by atoms with Gasteiger partial charge in [-0.05, 0) is 42.0 Å². The van der Waals surface area contributed by atoms with Gasteiger partial charge in [0.15, 0.2) is 11.5 Å². The Morgan fingerprint density at radius 2 is 2.00 bits per heavy atom. The first-order chi connectivity index (χ1) is 14.5. The average Bonchev–Trinajstić information content (AvgIpc) is 3.34. The Morgan fingerprint density at radius 1 is 1.17 bits per heavy atom. The topological polar surface area (TPSA) is 106 Å². The van der Waals surface area contributed by atoms with Crippen molar-refractivity contribution in [1.82, 2.24) is 9.55 Å². The summed E-state index contributed by atoms with van der Waals surface area (Å²) in [5, 5.41) is 10.8. The Labute approximate surface area is 177 Å². The molecule has 0 saturated carbocycles. The van der Waals surface area contributed by atoms with E-state index in [4.69, 9.17) is 9.47 Å². The fourth-order valence-corrected chi connectivity index (χ4v) is 3.77. The number of nitrogens with zero attached hydrogens (tertiary/aromatic N) is 2. The molecule has 150 valence electrons. The Bertz CT molecular complexity index is 1370. The minimum atomic E-state index is -0.708. The van der Waals surface area contributed by atoms with Crippen LogP contribution in [0.25, 0.3) is 11.6 Å². The molecule has 1 aromatic heterocycles. The highest BCUT2D eigenvalue weighted by atomic mass is 79.9. The summed E-state index contributed by atoms with van der Waals surface area (Å²) in [6, 6.07) is 10.8. The summed E-state index contributed by atoms with van der Waals surface area (Å²) in [6.45, 7) is 0.185. The highest BCUT2D eigenvalue weighted by Gasteiger charge is 2.19. The number of fused-ring (bicyclic) bond motifs is 2. The van der Waals surface area contributed by atoms with Gasteiger partial charge in [0, 0.05) is 21.8 Å². The van der Waals surface area contributed by atoms with Gasteiger partial charge in [-0.3, -0.25) is 19.3 Å². The quantitative estimate of drug-likeness (QED) is 0.615. The van der Waals surface area contributed by atoms with Gasteiger partial charge in [0.1, 0.15) is 5.56 Å². The Balaban J connectivity index is 1.57. The maximum absolute atomic E-state index is 12.4. The molecule has 0 unspecified atom stereocenters. The number of rotatable bonds is 3. The lowest BCUT2D eigenvalue weighted by molar-refractivity contribution is 0.174. The zero-order valence-electron chi connectivity index (χ0n) is 15.4. The summed E-state index contributed by atoms with van der Waals surface area (Å²) in [7, 11) is 0. The molecular weight excluding hydrogens is 454 g/mol. The van der Waals surface area contributed by atoms with E-state index in [1.54, 1.807) is 24.4 Å². The number of allylic oxidation sites excluding steroid dienone is 1. The van der Waals surface area contributed by atoms with Gasteiger partial charge in [-0.15, -0.1) is 0 Å². The Hall–Kier alpha value is -3.59. The molecule has 8 nitrogen and oxygen atoms in total. The number of aromatic amines is 1. The number of halogens is 1. The number of H-pyrrole nitrogens is 1. The van der Waals surface area contributed by atoms with Crippen LogP contribution in [0.5, 0.6) is 17.4 Å². The van der Waals surface area contributed by atoms with Crippen LogP contribution in [0.3, 0.4) is 0 Å². The lowest BCUT2D eigenvalue weighted by Gasteiger charge is -2.11. The van der Waals surface area contributed by atoms with Crippen molar-refractivity contribution in [2.75, 3.05) is 6.79 Å². The molecule has 0 atom stereocenters. The van der Waals surface area contributed by atoms with Gasteiger partial charge in [0.2, 0.25) is 12.7 Å².